The van der Waals surface area contributed by atoms with E-state index in [0.717, 1.165) is 10.6 Å². The maximum Gasteiger partial charge on any atom is 0.170 e. The summed E-state index contributed by atoms with van der Waals surface area (Å²) >= 11 is 0. The van der Waals surface area contributed by atoms with Crippen LogP contribution in [0.2, 0.25) is 0 Å². The molecule has 0 aliphatic carbocycles. The second kappa shape index (κ2) is 6.76. The van der Waals surface area contributed by atoms with Gasteiger partial charge in [0.05, 0.1) is 6.16 Å². The molecule has 0 heterocycles. The van der Waals surface area contributed by atoms with Gasteiger partial charge in [-0.15, -0.1) is 0 Å². The molecule has 0 aliphatic rings. The lowest BCUT2D eigenvalue weighted by Crippen LogP contribution is -2.22. The molecule has 114 valence electrons. The lowest BCUT2D eigenvalue weighted by molar-refractivity contribution is 0.102. The second-order valence-electron chi connectivity index (χ2n) is 5.36. The topological polar surface area (TPSA) is 34.1 Å². The maximum atomic E-state index is 13.8. The highest BCUT2D eigenvalue weighted by Gasteiger charge is 2.30. The van der Waals surface area contributed by atoms with Crippen LogP contribution in [0.4, 0.5) is 0 Å². The van der Waals surface area contributed by atoms with Gasteiger partial charge in [0.1, 0.15) is 0 Å². The minimum absolute atomic E-state index is 0.00500. The number of hydrogen-bond donors (Lipinski definition) is 0. The summed E-state index contributed by atoms with van der Waals surface area (Å²) in [5.41, 5.74) is 0.597. The number of carbonyl (C=O) groups excluding carboxylic acids is 1. The molecular weight excluding hydrogens is 303 g/mol. The lowest BCUT2D eigenvalue weighted by Gasteiger charge is -2.18. The van der Waals surface area contributed by atoms with Gasteiger partial charge < -0.3 is 4.57 Å². The number of carbonyl (C=O) groups is 1. The van der Waals surface area contributed by atoms with Crippen molar-refractivity contribution in [1.82, 2.24) is 0 Å². The van der Waals surface area contributed by atoms with Crippen LogP contribution in [0.5, 0.6) is 0 Å². The molecule has 23 heavy (non-hydrogen) atoms. The van der Waals surface area contributed by atoms with Crippen LogP contribution in [-0.2, 0) is 4.57 Å². The number of Topliss-reactive ketones (excluding diaryl/α,β-unsaturated/α-hetero) is 1. The Labute approximate surface area is 136 Å². The van der Waals surface area contributed by atoms with Crippen LogP contribution in [0.15, 0.2) is 91.0 Å². The van der Waals surface area contributed by atoms with E-state index in [4.69, 9.17) is 0 Å². The van der Waals surface area contributed by atoms with E-state index in [1.165, 1.54) is 0 Å². The summed E-state index contributed by atoms with van der Waals surface area (Å²) in [5, 5.41) is 1.44. The summed E-state index contributed by atoms with van der Waals surface area (Å²) in [6, 6.07) is 27.6. The molecule has 0 unspecified atom stereocenters. The van der Waals surface area contributed by atoms with Crippen LogP contribution >= 0.6 is 7.14 Å². The van der Waals surface area contributed by atoms with Gasteiger partial charge in [0, 0.05) is 16.2 Å². The zero-order valence-electron chi connectivity index (χ0n) is 12.6. The van der Waals surface area contributed by atoms with Crippen LogP contribution < -0.4 is 10.6 Å². The van der Waals surface area contributed by atoms with Gasteiger partial charge in [-0.05, 0) is 0 Å². The molecule has 0 spiro atoms. The molecule has 0 aromatic heterocycles. The Bertz CT molecular complexity index is 784. The first-order valence-electron chi connectivity index (χ1n) is 7.49. The standard InChI is InChI=1S/C20H17O2P/c21-20(17-10-4-1-5-11-17)16-23(22,18-12-6-2-7-13-18)19-14-8-3-9-15-19/h1-15H,16H2. The molecule has 3 heteroatoms. The highest BCUT2D eigenvalue weighted by molar-refractivity contribution is 7.79. The summed E-state index contributed by atoms with van der Waals surface area (Å²) in [6.07, 6.45) is 0.00500. The summed E-state index contributed by atoms with van der Waals surface area (Å²) in [7, 11) is -3.00. The quantitative estimate of drug-likeness (QED) is 0.528. The Hall–Kier alpha value is -2.44. The Morgan fingerprint density at radius 3 is 1.48 bits per heavy atom. The van der Waals surface area contributed by atoms with E-state index < -0.39 is 7.14 Å². The zero-order chi connectivity index (χ0) is 16.1. The van der Waals surface area contributed by atoms with Crippen LogP contribution in [0.25, 0.3) is 0 Å². The number of rotatable bonds is 5. The predicted molar refractivity (Wildman–Crippen MR) is 95.4 cm³/mol. The molecule has 0 N–H and O–H groups in total. The van der Waals surface area contributed by atoms with E-state index in [2.05, 4.69) is 0 Å². The summed E-state index contributed by atoms with van der Waals surface area (Å²) in [6.45, 7) is 0. The lowest BCUT2D eigenvalue weighted by atomic mass is 10.2. The second-order valence-corrected chi connectivity index (χ2v) is 8.19. The molecule has 0 radical (unpaired) electrons. The van der Waals surface area contributed by atoms with Gasteiger partial charge in [0.2, 0.25) is 0 Å². The van der Waals surface area contributed by atoms with Gasteiger partial charge in [-0.1, -0.05) is 91.0 Å². The van der Waals surface area contributed by atoms with Crippen molar-refractivity contribution in [2.24, 2.45) is 0 Å². The molecule has 3 aromatic carbocycles. The molecule has 0 amide bonds. The molecule has 0 aliphatic heterocycles. The monoisotopic (exact) mass is 320 g/mol. The molecule has 0 saturated carbocycles. The van der Waals surface area contributed by atoms with Crippen molar-refractivity contribution < 1.29 is 9.36 Å². The van der Waals surface area contributed by atoms with Crippen LogP contribution in [0, 0.1) is 0 Å². The number of ketones is 1. The van der Waals surface area contributed by atoms with E-state index in [1.54, 1.807) is 12.1 Å². The van der Waals surface area contributed by atoms with Crippen molar-refractivity contribution in [3.63, 3.8) is 0 Å². The highest BCUT2D eigenvalue weighted by atomic mass is 31.2. The van der Waals surface area contributed by atoms with E-state index >= 15 is 0 Å². The smallest absolute Gasteiger partial charge is 0.170 e. The molecular formula is C20H17O2P. The van der Waals surface area contributed by atoms with Crippen molar-refractivity contribution >= 4 is 23.5 Å². The first kappa shape index (κ1) is 15.5. The van der Waals surface area contributed by atoms with Gasteiger partial charge in [0.25, 0.3) is 0 Å². The molecule has 0 bridgehead atoms. The fraction of sp³-hybridized carbons (Fsp3) is 0.0500. The van der Waals surface area contributed by atoms with Crippen molar-refractivity contribution in [3.8, 4) is 0 Å². The zero-order valence-corrected chi connectivity index (χ0v) is 13.5. The highest BCUT2D eigenvalue weighted by Crippen LogP contribution is 2.43. The third-order valence-corrected chi connectivity index (χ3v) is 6.81. The number of hydrogen-bond acceptors (Lipinski definition) is 2. The van der Waals surface area contributed by atoms with Crippen molar-refractivity contribution in [1.29, 1.82) is 0 Å². The average Bonchev–Trinajstić information content (AvgIpc) is 2.64. The summed E-state index contributed by atoms with van der Waals surface area (Å²) in [5.74, 6) is -0.0957. The first-order chi connectivity index (χ1) is 11.2. The molecule has 0 saturated heterocycles. The van der Waals surface area contributed by atoms with Crippen LogP contribution in [-0.4, -0.2) is 11.9 Å². The molecule has 2 nitrogen and oxygen atoms in total. The Kier molecular flexibility index (Phi) is 4.55. The Morgan fingerprint density at radius 1 is 0.652 bits per heavy atom. The Morgan fingerprint density at radius 2 is 1.04 bits per heavy atom. The van der Waals surface area contributed by atoms with Gasteiger partial charge in [-0.2, -0.15) is 0 Å². The van der Waals surface area contributed by atoms with E-state index in [9.17, 15) is 9.36 Å². The predicted octanol–water partition coefficient (Wildman–Crippen LogP) is 3.88. The van der Waals surface area contributed by atoms with Gasteiger partial charge in [0.15, 0.2) is 12.9 Å². The third kappa shape index (κ3) is 3.33. The largest absolute Gasteiger partial charge is 0.313 e. The number of benzene rings is 3. The van der Waals surface area contributed by atoms with E-state index in [-0.39, 0.29) is 11.9 Å². The van der Waals surface area contributed by atoms with E-state index in [0.29, 0.717) is 5.56 Å². The first-order valence-corrected chi connectivity index (χ1v) is 9.38. The van der Waals surface area contributed by atoms with Gasteiger partial charge in [-0.3, -0.25) is 4.79 Å². The molecule has 0 atom stereocenters. The molecule has 3 aromatic rings. The average molecular weight is 320 g/mol. The van der Waals surface area contributed by atoms with Crippen molar-refractivity contribution in [2.75, 3.05) is 6.16 Å². The fourth-order valence-electron chi connectivity index (χ4n) is 2.59. The SMILES string of the molecule is O=C(CP(=O)(c1ccccc1)c1ccccc1)c1ccccc1. The summed E-state index contributed by atoms with van der Waals surface area (Å²) in [4.78, 5) is 12.6. The molecule has 0 fully saturated rings. The van der Waals surface area contributed by atoms with Gasteiger partial charge in [-0.25, -0.2) is 0 Å². The van der Waals surface area contributed by atoms with Crippen LogP contribution in [0.1, 0.15) is 10.4 Å². The van der Waals surface area contributed by atoms with Gasteiger partial charge >= 0.3 is 0 Å². The molecule has 3 rings (SSSR count). The maximum absolute atomic E-state index is 13.8. The summed E-state index contributed by atoms with van der Waals surface area (Å²) < 4.78 is 13.8. The van der Waals surface area contributed by atoms with Crippen molar-refractivity contribution in [3.05, 3.63) is 96.6 Å². The fourth-order valence-corrected chi connectivity index (χ4v) is 5.14. The Balaban J connectivity index is 2.04. The van der Waals surface area contributed by atoms with Crippen LogP contribution in [0.3, 0.4) is 0 Å². The van der Waals surface area contributed by atoms with E-state index in [1.807, 2.05) is 78.9 Å². The minimum atomic E-state index is -3.00. The van der Waals surface area contributed by atoms with Crippen molar-refractivity contribution in [2.45, 2.75) is 0 Å². The minimum Gasteiger partial charge on any atom is -0.313 e. The normalized spacial score (nSPS) is 11.1. The third-order valence-electron chi connectivity index (χ3n) is 3.81.